The van der Waals surface area contributed by atoms with Crippen LogP contribution in [-0.2, 0) is 6.54 Å². The monoisotopic (exact) mass is 383 g/mol. The first kappa shape index (κ1) is 19.2. The molecule has 3 aromatic rings. The molecule has 146 valence electrons. The van der Waals surface area contributed by atoms with Crippen LogP contribution in [0.4, 0.5) is 11.5 Å². The maximum atomic E-state index is 12.4. The van der Waals surface area contributed by atoms with Gasteiger partial charge in [-0.25, -0.2) is 14.6 Å². The molecule has 3 rings (SSSR count). The number of nitrogens with zero attached hydrogens (tertiary/aromatic N) is 5. The normalized spacial score (nSPS) is 10.8. The number of anilines is 1. The van der Waals surface area contributed by atoms with Crippen LogP contribution < -0.4 is 10.6 Å². The van der Waals surface area contributed by atoms with E-state index in [-0.39, 0.29) is 17.2 Å². The van der Waals surface area contributed by atoms with Crippen molar-refractivity contribution in [3.8, 4) is 0 Å². The van der Waals surface area contributed by atoms with E-state index in [4.69, 9.17) is 0 Å². The molecule has 2 heterocycles. The van der Waals surface area contributed by atoms with Crippen LogP contribution in [0.3, 0.4) is 0 Å². The van der Waals surface area contributed by atoms with Gasteiger partial charge < -0.3 is 10.6 Å². The van der Waals surface area contributed by atoms with Gasteiger partial charge in [-0.05, 0) is 19.4 Å². The highest BCUT2D eigenvalue weighted by Crippen LogP contribution is 2.21. The van der Waals surface area contributed by atoms with Crippen LogP contribution in [0.1, 0.15) is 29.3 Å². The van der Waals surface area contributed by atoms with E-state index in [1.165, 1.54) is 18.5 Å². The number of hydrogen-bond donors (Lipinski definition) is 2. The summed E-state index contributed by atoms with van der Waals surface area (Å²) in [5.74, 6) is 0.368. The Morgan fingerprint density at radius 2 is 2.11 bits per heavy atom. The molecule has 2 N–H and O–H groups in total. The van der Waals surface area contributed by atoms with Crippen molar-refractivity contribution in [3.63, 3.8) is 0 Å². The third-order valence-electron chi connectivity index (χ3n) is 4.33. The summed E-state index contributed by atoms with van der Waals surface area (Å²) in [7, 11) is 0. The van der Waals surface area contributed by atoms with Crippen molar-refractivity contribution in [1.29, 1.82) is 0 Å². The largest absolute Gasteiger partial charge is 0.369 e. The molecule has 0 spiro atoms. The second kappa shape index (κ2) is 8.42. The van der Waals surface area contributed by atoms with Crippen LogP contribution in [0.15, 0.2) is 30.7 Å². The first-order chi connectivity index (χ1) is 13.5. The number of aromatic nitrogens is 4. The number of nitro benzene ring substituents is 1. The molecule has 0 bridgehead atoms. The molecule has 28 heavy (non-hydrogen) atoms. The zero-order valence-corrected chi connectivity index (χ0v) is 15.7. The Morgan fingerprint density at radius 1 is 1.29 bits per heavy atom. The van der Waals surface area contributed by atoms with E-state index in [0.29, 0.717) is 24.3 Å². The number of carbonyl (C=O) groups excluding carboxylic acids is 1. The van der Waals surface area contributed by atoms with Gasteiger partial charge in [-0.15, -0.1) is 0 Å². The van der Waals surface area contributed by atoms with Crippen molar-refractivity contribution in [1.82, 2.24) is 25.1 Å². The van der Waals surface area contributed by atoms with E-state index in [1.54, 1.807) is 23.9 Å². The standard InChI is InChI=1S/C18H21N7O3/c1-3-7-19-16-14-10-23-24(17(14)22-11-21-16)9-8-20-18(26)13-5-4-6-15(12(13)2)25(27)28/h4-6,10-11H,3,7-9H2,1-2H3,(H,20,26)(H,19,21,22). The number of nitrogens with one attached hydrogen (secondary N) is 2. The van der Waals surface area contributed by atoms with Gasteiger partial charge in [-0.3, -0.25) is 14.9 Å². The third kappa shape index (κ3) is 3.90. The maximum Gasteiger partial charge on any atom is 0.273 e. The quantitative estimate of drug-likeness (QED) is 0.451. The summed E-state index contributed by atoms with van der Waals surface area (Å²) in [5.41, 5.74) is 1.23. The van der Waals surface area contributed by atoms with Crippen LogP contribution in [-0.4, -0.2) is 43.7 Å². The average molecular weight is 383 g/mol. The number of amides is 1. The van der Waals surface area contributed by atoms with Gasteiger partial charge >= 0.3 is 0 Å². The molecule has 0 aliphatic carbocycles. The van der Waals surface area contributed by atoms with Crippen molar-refractivity contribution < 1.29 is 9.72 Å². The summed E-state index contributed by atoms with van der Waals surface area (Å²) < 4.78 is 1.69. The van der Waals surface area contributed by atoms with Gasteiger partial charge in [0.2, 0.25) is 0 Å². The highest BCUT2D eigenvalue weighted by Gasteiger charge is 2.17. The maximum absolute atomic E-state index is 12.4. The summed E-state index contributed by atoms with van der Waals surface area (Å²) in [5, 5.41) is 22.2. The van der Waals surface area contributed by atoms with Crippen LogP contribution >= 0.6 is 0 Å². The molecule has 0 saturated heterocycles. The van der Waals surface area contributed by atoms with E-state index in [0.717, 1.165) is 24.2 Å². The van der Waals surface area contributed by atoms with Gasteiger partial charge in [0, 0.05) is 30.3 Å². The fourth-order valence-electron chi connectivity index (χ4n) is 2.88. The van der Waals surface area contributed by atoms with Gasteiger partial charge in [0.1, 0.15) is 12.1 Å². The molecule has 1 aromatic carbocycles. The molecule has 0 atom stereocenters. The van der Waals surface area contributed by atoms with Gasteiger partial charge in [0.15, 0.2) is 5.65 Å². The fraction of sp³-hybridized carbons (Fsp3) is 0.333. The summed E-state index contributed by atoms with van der Waals surface area (Å²) in [6, 6.07) is 4.45. The summed E-state index contributed by atoms with van der Waals surface area (Å²) in [6.45, 7) is 5.15. The Labute approximate surface area is 161 Å². The number of benzene rings is 1. The SMILES string of the molecule is CCCNc1ncnc2c1cnn2CCNC(=O)c1cccc([N+](=O)[O-])c1C. The molecular weight excluding hydrogens is 362 g/mol. The number of fused-ring (bicyclic) bond motifs is 1. The summed E-state index contributed by atoms with van der Waals surface area (Å²) in [4.78, 5) is 31.5. The Kier molecular flexibility index (Phi) is 5.78. The van der Waals surface area contributed by atoms with Gasteiger partial charge in [0.05, 0.1) is 23.1 Å². The molecule has 0 aliphatic rings. The van der Waals surface area contributed by atoms with E-state index < -0.39 is 4.92 Å². The zero-order chi connectivity index (χ0) is 20.1. The van der Waals surface area contributed by atoms with Crippen LogP contribution in [0.25, 0.3) is 11.0 Å². The molecular formula is C18H21N7O3. The van der Waals surface area contributed by atoms with Crippen molar-refractivity contribution in [2.45, 2.75) is 26.8 Å². The van der Waals surface area contributed by atoms with Crippen molar-refractivity contribution in [2.24, 2.45) is 0 Å². The van der Waals surface area contributed by atoms with Gasteiger partial charge in [-0.2, -0.15) is 5.10 Å². The lowest BCUT2D eigenvalue weighted by molar-refractivity contribution is -0.385. The first-order valence-corrected chi connectivity index (χ1v) is 8.95. The van der Waals surface area contributed by atoms with E-state index in [2.05, 4.69) is 32.6 Å². The first-order valence-electron chi connectivity index (χ1n) is 8.95. The topological polar surface area (TPSA) is 128 Å². The minimum absolute atomic E-state index is 0.0745. The molecule has 0 fully saturated rings. The second-order valence-corrected chi connectivity index (χ2v) is 6.22. The van der Waals surface area contributed by atoms with E-state index in [9.17, 15) is 14.9 Å². The molecule has 0 aliphatic heterocycles. The van der Waals surface area contributed by atoms with E-state index >= 15 is 0 Å². The molecule has 10 heteroatoms. The van der Waals surface area contributed by atoms with Crippen molar-refractivity contribution in [2.75, 3.05) is 18.4 Å². The third-order valence-corrected chi connectivity index (χ3v) is 4.33. The zero-order valence-electron chi connectivity index (χ0n) is 15.7. The predicted octanol–water partition coefficient (Wildman–Crippen LogP) is 2.29. The molecule has 0 radical (unpaired) electrons. The molecule has 0 unspecified atom stereocenters. The minimum atomic E-state index is -0.494. The summed E-state index contributed by atoms with van der Waals surface area (Å²) in [6.07, 6.45) is 4.14. The van der Waals surface area contributed by atoms with Gasteiger partial charge in [0.25, 0.3) is 11.6 Å². The fourth-order valence-corrected chi connectivity index (χ4v) is 2.88. The molecule has 10 nitrogen and oxygen atoms in total. The average Bonchev–Trinajstić information content (AvgIpc) is 3.10. The van der Waals surface area contributed by atoms with Crippen molar-refractivity contribution >= 4 is 28.4 Å². The molecule has 0 saturated carbocycles. The van der Waals surface area contributed by atoms with E-state index in [1.807, 2.05) is 0 Å². The highest BCUT2D eigenvalue weighted by molar-refractivity contribution is 5.96. The van der Waals surface area contributed by atoms with Crippen molar-refractivity contribution in [3.05, 3.63) is 52.0 Å². The Bertz CT molecular complexity index is 1020. The molecule has 1 amide bonds. The minimum Gasteiger partial charge on any atom is -0.369 e. The lowest BCUT2D eigenvalue weighted by Gasteiger charge is -2.09. The number of rotatable bonds is 8. The molecule has 2 aromatic heterocycles. The number of carbonyl (C=O) groups is 1. The Balaban J connectivity index is 1.68. The second-order valence-electron chi connectivity index (χ2n) is 6.22. The lowest BCUT2D eigenvalue weighted by Crippen LogP contribution is -2.28. The lowest BCUT2D eigenvalue weighted by atomic mass is 10.1. The van der Waals surface area contributed by atoms with Gasteiger partial charge in [-0.1, -0.05) is 13.0 Å². The number of hydrogen-bond acceptors (Lipinski definition) is 7. The van der Waals surface area contributed by atoms with Crippen LogP contribution in [0.5, 0.6) is 0 Å². The number of nitro groups is 1. The van der Waals surface area contributed by atoms with Crippen LogP contribution in [0.2, 0.25) is 0 Å². The smallest absolute Gasteiger partial charge is 0.273 e. The highest BCUT2D eigenvalue weighted by atomic mass is 16.6. The summed E-state index contributed by atoms with van der Waals surface area (Å²) >= 11 is 0. The Hall–Kier alpha value is -3.56. The van der Waals surface area contributed by atoms with Crippen LogP contribution in [0, 0.1) is 17.0 Å². The predicted molar refractivity (Wildman–Crippen MR) is 104 cm³/mol. The Morgan fingerprint density at radius 3 is 2.86 bits per heavy atom.